The smallest absolute Gasteiger partial charge is 0.336 e. The van der Waals surface area contributed by atoms with E-state index < -0.39 is 11.9 Å². The van der Waals surface area contributed by atoms with Crippen molar-refractivity contribution in [2.45, 2.75) is 78.8 Å². The molecular weight excluding hydrogens is 867 g/mol. The minimum Gasteiger partial charge on any atom is -0.481 e. The number of aromatic carboxylic acids is 1. The number of ether oxygens (including phenoxy) is 1. The van der Waals surface area contributed by atoms with Gasteiger partial charge in [0.2, 0.25) is 5.91 Å². The van der Waals surface area contributed by atoms with Crippen LogP contribution in [0.3, 0.4) is 0 Å². The molecule has 0 fully saturated rings. The Kier molecular flexibility index (Phi) is 16.2. The van der Waals surface area contributed by atoms with E-state index in [1.54, 1.807) is 26.0 Å². The number of fused-ring (bicyclic) bond motifs is 2. The predicted molar refractivity (Wildman–Crippen MR) is 271 cm³/mol. The van der Waals surface area contributed by atoms with Crippen LogP contribution in [0.1, 0.15) is 79.3 Å². The molecule has 3 N–H and O–H groups in total. The number of imidazole rings is 2. The topological polar surface area (TPSA) is 166 Å². The van der Waals surface area contributed by atoms with Gasteiger partial charge in [-0.05, 0) is 102 Å². The van der Waals surface area contributed by atoms with E-state index in [1.165, 1.54) is 0 Å². The summed E-state index contributed by atoms with van der Waals surface area (Å²) in [4.78, 5) is 56.6. The molecule has 0 radical (unpaired) electrons. The van der Waals surface area contributed by atoms with Crippen LogP contribution in [0.5, 0.6) is 0 Å². The van der Waals surface area contributed by atoms with Crippen molar-refractivity contribution >= 4 is 45.9 Å². The molecule has 69 heavy (non-hydrogen) atoms. The lowest BCUT2D eigenvalue weighted by molar-refractivity contribution is -0.148. The third kappa shape index (κ3) is 12.2. The Morgan fingerprint density at radius 3 is 2.04 bits per heavy atom. The van der Waals surface area contributed by atoms with E-state index in [0.29, 0.717) is 31.6 Å². The van der Waals surface area contributed by atoms with E-state index in [4.69, 9.17) is 19.8 Å². The number of carbonyl (C=O) groups excluding carboxylic acids is 2. The van der Waals surface area contributed by atoms with Crippen LogP contribution >= 0.6 is 0 Å². The molecule has 0 saturated heterocycles. The summed E-state index contributed by atoms with van der Waals surface area (Å²) in [5.74, 6) is -0.946. The number of para-hydroxylation sites is 2. The van der Waals surface area contributed by atoms with Gasteiger partial charge in [0.05, 0.1) is 46.6 Å². The highest BCUT2D eigenvalue weighted by Gasteiger charge is 2.23. The van der Waals surface area contributed by atoms with Gasteiger partial charge in [0.25, 0.3) is 0 Å². The maximum atomic E-state index is 12.2. The van der Waals surface area contributed by atoms with Crippen LogP contribution in [-0.4, -0.2) is 65.8 Å². The van der Waals surface area contributed by atoms with E-state index in [0.717, 1.165) is 91.1 Å². The van der Waals surface area contributed by atoms with Gasteiger partial charge < -0.3 is 29.4 Å². The van der Waals surface area contributed by atoms with Crippen molar-refractivity contribution in [3.63, 3.8) is 0 Å². The van der Waals surface area contributed by atoms with E-state index in [2.05, 4.69) is 65.7 Å². The molecule has 0 aliphatic rings. The number of esters is 1. The number of carboxylic acids is 2. The highest BCUT2D eigenvalue weighted by Crippen LogP contribution is 2.31. The first-order valence-corrected chi connectivity index (χ1v) is 23.5. The molecule has 1 amide bonds. The maximum Gasteiger partial charge on any atom is 0.336 e. The molecule has 0 aliphatic carbocycles. The van der Waals surface area contributed by atoms with Crippen molar-refractivity contribution < 1.29 is 34.1 Å². The van der Waals surface area contributed by atoms with Crippen molar-refractivity contribution in [3.05, 3.63) is 168 Å². The first-order chi connectivity index (χ1) is 33.3. The molecule has 0 bridgehead atoms. The number of hydrogen-bond acceptors (Lipinski definition) is 7. The first kappa shape index (κ1) is 49.1. The van der Waals surface area contributed by atoms with Crippen LogP contribution in [0.25, 0.3) is 55.7 Å². The Morgan fingerprint density at radius 1 is 0.710 bits per heavy atom. The number of aryl methyl sites for hydroxylation is 3. The fourth-order valence-corrected chi connectivity index (χ4v) is 8.73. The minimum atomic E-state index is -1.02. The first-order valence-electron chi connectivity index (χ1n) is 23.5. The summed E-state index contributed by atoms with van der Waals surface area (Å²) in [6, 6.07) is 45.7. The van der Waals surface area contributed by atoms with E-state index in [9.17, 15) is 24.3 Å². The summed E-state index contributed by atoms with van der Waals surface area (Å²) in [6.07, 6.45) is 2.53. The van der Waals surface area contributed by atoms with Crippen LogP contribution in [0, 0.1) is 12.8 Å². The molecule has 0 spiro atoms. The highest BCUT2D eigenvalue weighted by atomic mass is 16.5. The molecule has 0 unspecified atom stereocenters. The minimum absolute atomic E-state index is 0.0907. The molecule has 12 nitrogen and oxygen atoms in total. The number of carbonyl (C=O) groups is 4. The van der Waals surface area contributed by atoms with Crippen molar-refractivity contribution in [3.8, 4) is 33.6 Å². The van der Waals surface area contributed by atoms with Gasteiger partial charge in [-0.2, -0.15) is 0 Å². The highest BCUT2D eigenvalue weighted by molar-refractivity contribution is 5.96. The van der Waals surface area contributed by atoms with Crippen molar-refractivity contribution in [2.24, 2.45) is 13.0 Å². The van der Waals surface area contributed by atoms with E-state index >= 15 is 0 Å². The molecule has 8 aromatic rings. The van der Waals surface area contributed by atoms with Gasteiger partial charge in [0.1, 0.15) is 11.6 Å². The van der Waals surface area contributed by atoms with Gasteiger partial charge in [-0.25, -0.2) is 14.8 Å². The number of amides is 1. The number of benzene rings is 6. The van der Waals surface area contributed by atoms with Gasteiger partial charge >= 0.3 is 17.9 Å². The van der Waals surface area contributed by atoms with E-state index in [-0.39, 0.29) is 36.7 Å². The molecule has 2 aromatic heterocycles. The lowest BCUT2D eigenvalue weighted by Crippen LogP contribution is -2.39. The normalized spacial score (nSPS) is 12.0. The molecule has 12 heteroatoms. The molecule has 2 heterocycles. The molecule has 2 atom stereocenters. The summed E-state index contributed by atoms with van der Waals surface area (Å²) in [5, 5.41) is 21.3. The SMILES string of the molecule is CCCc1nc2c(C)cc(-c3nc4ccccc4n3C)cc2n1Cc1ccc(-c2ccccc2C(=O)O)cc1.CCOC(=O)[C@H](C)C[C@@H](Cc1ccc(-c2ccccc2)cc1)NC(=O)CCC(=O)O. The zero-order chi connectivity index (χ0) is 49.0. The number of hydrogen-bond donors (Lipinski definition) is 3. The quantitative estimate of drug-likeness (QED) is 0.0710. The molecule has 6 aromatic carbocycles. The van der Waals surface area contributed by atoms with Gasteiger partial charge in [-0.15, -0.1) is 0 Å². The van der Waals surface area contributed by atoms with Crippen molar-refractivity contribution in [2.75, 3.05) is 6.61 Å². The van der Waals surface area contributed by atoms with Crippen molar-refractivity contribution in [1.29, 1.82) is 0 Å². The average molecular weight is 926 g/mol. The van der Waals surface area contributed by atoms with Crippen LogP contribution in [-0.2, 0) is 45.6 Å². The zero-order valence-electron chi connectivity index (χ0n) is 39.8. The predicted octanol–water partition coefficient (Wildman–Crippen LogP) is 11.1. The summed E-state index contributed by atoms with van der Waals surface area (Å²) in [7, 11) is 2.06. The summed E-state index contributed by atoms with van der Waals surface area (Å²) >= 11 is 0. The largest absolute Gasteiger partial charge is 0.481 e. The Bertz CT molecular complexity index is 3070. The number of nitrogens with one attached hydrogen (secondary N) is 1. The Labute approximate surface area is 402 Å². The summed E-state index contributed by atoms with van der Waals surface area (Å²) in [5.41, 5.74) is 12.7. The fraction of sp³-hybridized carbons (Fsp3) is 0.263. The van der Waals surface area contributed by atoms with Crippen LogP contribution in [0.2, 0.25) is 0 Å². The Hall–Kier alpha value is -7.86. The molecule has 354 valence electrons. The monoisotopic (exact) mass is 925 g/mol. The molecule has 0 aliphatic heterocycles. The lowest BCUT2D eigenvalue weighted by atomic mass is 9.94. The number of nitrogens with zero attached hydrogens (tertiary/aromatic N) is 4. The maximum absolute atomic E-state index is 12.2. The summed E-state index contributed by atoms with van der Waals surface area (Å²) < 4.78 is 9.54. The van der Waals surface area contributed by atoms with E-state index in [1.807, 2.05) is 97.1 Å². The number of aliphatic carboxylic acids is 1. The van der Waals surface area contributed by atoms with Crippen molar-refractivity contribution in [1.82, 2.24) is 24.4 Å². The second-order valence-electron chi connectivity index (χ2n) is 17.4. The zero-order valence-corrected chi connectivity index (χ0v) is 39.8. The second-order valence-corrected chi connectivity index (χ2v) is 17.4. The van der Waals surface area contributed by atoms with Gasteiger partial charge in [0.15, 0.2) is 0 Å². The van der Waals surface area contributed by atoms with Gasteiger partial charge in [-0.3, -0.25) is 14.4 Å². The standard InChI is InChI=1S/C33H30N4O2.C24H29NO5/c1-4-9-30-35-31-21(2)18-24(32-34-27-12-7-8-13-28(27)36(32)3)19-29(31)37(30)20-22-14-16-23(17-15-22)25-10-5-6-11-26(25)33(38)39;1-3-30-24(29)17(2)15-21(25-22(26)13-14-23(27)28)16-18-9-11-20(12-10-18)19-7-5-4-6-8-19/h5-8,10-19H,4,9,20H2,1-3H3,(H,38,39);4-12,17,21H,3,13-16H2,1-2H3,(H,25,26)(H,27,28)/t;17-,21+/m.1/s1. The van der Waals surface area contributed by atoms with Crippen LogP contribution in [0.4, 0.5) is 0 Å². The van der Waals surface area contributed by atoms with Gasteiger partial charge in [-0.1, -0.05) is 123 Å². The third-order valence-corrected chi connectivity index (χ3v) is 12.2. The fourth-order valence-electron chi connectivity index (χ4n) is 8.73. The lowest BCUT2D eigenvalue weighted by Gasteiger charge is -2.22. The summed E-state index contributed by atoms with van der Waals surface area (Å²) in [6.45, 7) is 8.81. The number of carboxylic acid groups (broad SMARTS) is 2. The van der Waals surface area contributed by atoms with Crippen LogP contribution < -0.4 is 5.32 Å². The number of aromatic nitrogens is 4. The molecule has 0 saturated carbocycles. The molecular formula is C57H59N5O7. The second kappa shape index (κ2) is 22.8. The van der Waals surface area contributed by atoms with Crippen LogP contribution in [0.15, 0.2) is 140 Å². The average Bonchev–Trinajstić information content (AvgIpc) is 3.88. The Morgan fingerprint density at radius 2 is 1.36 bits per heavy atom. The Balaban J connectivity index is 0.000000212. The third-order valence-electron chi connectivity index (χ3n) is 12.2. The van der Waals surface area contributed by atoms with Gasteiger partial charge in [0, 0.05) is 38.0 Å². The molecule has 8 rings (SSSR count). The number of rotatable bonds is 18.